The summed E-state index contributed by atoms with van der Waals surface area (Å²) < 4.78 is 2.54. The number of nitrogens with zero attached hydrogens (tertiary/aromatic N) is 2. The predicted molar refractivity (Wildman–Crippen MR) is 300 cm³/mol. The molecule has 1 aromatic heterocycles. The molecule has 2 heteroatoms. The number of hydrogen-bond acceptors (Lipinski definition) is 1. The SMILES string of the molecule is c1ccc(CC(Cc2ccc(-c3ccc4c(c3)C3(c5cc(-c6ccc(N(c7ccccc7)c7ccccc7)cc6)ccc5-4)c4ccccc4-n4c5ccccc5c5cccc3c54)cc2)c2ccccc2)cc1. The average molecular weight is 919 g/mol. The lowest BCUT2D eigenvalue weighted by Crippen LogP contribution is -2.33. The van der Waals surface area contributed by atoms with Gasteiger partial charge in [-0.15, -0.1) is 0 Å². The molecule has 0 amide bonds. The van der Waals surface area contributed by atoms with Crippen molar-refractivity contribution >= 4 is 38.9 Å². The highest BCUT2D eigenvalue weighted by molar-refractivity contribution is 6.13. The second kappa shape index (κ2) is 17.2. The maximum atomic E-state index is 2.54. The first-order chi connectivity index (χ1) is 35.7. The van der Waals surface area contributed by atoms with Crippen LogP contribution in [0.15, 0.2) is 273 Å². The molecule has 0 saturated carbocycles. The van der Waals surface area contributed by atoms with Crippen LogP contribution in [0.4, 0.5) is 17.1 Å². The summed E-state index contributed by atoms with van der Waals surface area (Å²) in [5.41, 5.74) is 23.3. The van der Waals surface area contributed by atoms with Crippen molar-refractivity contribution < 1.29 is 0 Å². The molecule has 11 aromatic carbocycles. The molecule has 0 saturated heterocycles. The summed E-state index contributed by atoms with van der Waals surface area (Å²) in [5, 5.41) is 2.56. The average Bonchev–Trinajstić information content (AvgIpc) is 3.94. The topological polar surface area (TPSA) is 8.17 Å². The molecule has 2 nitrogen and oxygen atoms in total. The third kappa shape index (κ3) is 6.71. The van der Waals surface area contributed by atoms with Crippen molar-refractivity contribution in [3.05, 3.63) is 312 Å². The Morgan fingerprint density at radius 2 is 0.819 bits per heavy atom. The quantitative estimate of drug-likeness (QED) is 0.133. The monoisotopic (exact) mass is 918 g/mol. The maximum Gasteiger partial charge on any atom is 0.0754 e. The molecule has 0 bridgehead atoms. The highest BCUT2D eigenvalue weighted by atomic mass is 15.1. The number of anilines is 3. The van der Waals surface area contributed by atoms with Crippen molar-refractivity contribution in [2.24, 2.45) is 0 Å². The molecule has 0 radical (unpaired) electrons. The molecule has 2 unspecified atom stereocenters. The van der Waals surface area contributed by atoms with Gasteiger partial charge in [-0.3, -0.25) is 0 Å². The fourth-order valence-corrected chi connectivity index (χ4v) is 12.4. The maximum absolute atomic E-state index is 2.54. The lowest BCUT2D eigenvalue weighted by Gasteiger charge is -2.40. The Morgan fingerprint density at radius 3 is 1.46 bits per heavy atom. The van der Waals surface area contributed by atoms with Crippen LogP contribution in [-0.2, 0) is 18.3 Å². The van der Waals surface area contributed by atoms with Gasteiger partial charge in [-0.1, -0.05) is 212 Å². The van der Waals surface area contributed by atoms with E-state index in [0.717, 1.165) is 29.9 Å². The zero-order valence-electron chi connectivity index (χ0n) is 39.9. The molecule has 0 fully saturated rings. The molecule has 1 spiro atoms. The highest BCUT2D eigenvalue weighted by Gasteiger charge is 2.51. The van der Waals surface area contributed by atoms with Crippen LogP contribution < -0.4 is 4.90 Å². The molecule has 12 aromatic rings. The molecule has 1 aliphatic heterocycles. The fourth-order valence-electron chi connectivity index (χ4n) is 12.4. The molecule has 2 heterocycles. The number of rotatable bonds is 10. The van der Waals surface area contributed by atoms with Gasteiger partial charge in [0.05, 0.1) is 22.1 Å². The van der Waals surface area contributed by atoms with Gasteiger partial charge in [-0.2, -0.15) is 0 Å². The van der Waals surface area contributed by atoms with Crippen molar-refractivity contribution in [2.45, 2.75) is 24.2 Å². The van der Waals surface area contributed by atoms with Crippen LogP contribution in [0.2, 0.25) is 0 Å². The molecular formula is C70H50N2. The predicted octanol–water partition coefficient (Wildman–Crippen LogP) is 17.8. The summed E-state index contributed by atoms with van der Waals surface area (Å²) in [6, 6.07) is 101. The van der Waals surface area contributed by atoms with Crippen LogP contribution in [0.25, 0.3) is 60.9 Å². The Kier molecular flexibility index (Phi) is 9.99. The van der Waals surface area contributed by atoms with Gasteiger partial charge >= 0.3 is 0 Å². The number of aromatic nitrogens is 1. The minimum atomic E-state index is -0.588. The van der Waals surface area contributed by atoms with Gasteiger partial charge in [-0.05, 0) is 152 Å². The third-order valence-electron chi connectivity index (χ3n) is 15.6. The van der Waals surface area contributed by atoms with Crippen molar-refractivity contribution in [1.29, 1.82) is 0 Å². The summed E-state index contributed by atoms with van der Waals surface area (Å²) >= 11 is 0. The van der Waals surface area contributed by atoms with Gasteiger partial charge in [0.15, 0.2) is 0 Å². The van der Waals surface area contributed by atoms with Crippen molar-refractivity contribution in [3.8, 4) is 39.1 Å². The van der Waals surface area contributed by atoms with Gasteiger partial charge in [0.25, 0.3) is 0 Å². The largest absolute Gasteiger partial charge is 0.311 e. The minimum Gasteiger partial charge on any atom is -0.311 e. The lowest BCUT2D eigenvalue weighted by molar-refractivity contribution is 0.680. The second-order valence-corrected chi connectivity index (χ2v) is 19.6. The minimum absolute atomic E-state index is 0.378. The Labute approximate surface area is 421 Å². The van der Waals surface area contributed by atoms with E-state index in [0.29, 0.717) is 5.92 Å². The van der Waals surface area contributed by atoms with Crippen LogP contribution in [0.1, 0.15) is 44.9 Å². The molecule has 1 aliphatic carbocycles. The Hall–Kier alpha value is -8.98. The molecule has 72 heavy (non-hydrogen) atoms. The third-order valence-corrected chi connectivity index (χ3v) is 15.6. The van der Waals surface area contributed by atoms with E-state index >= 15 is 0 Å². The van der Waals surface area contributed by atoms with Crippen molar-refractivity contribution in [3.63, 3.8) is 0 Å². The van der Waals surface area contributed by atoms with Crippen LogP contribution in [0.5, 0.6) is 0 Å². The first-order valence-corrected chi connectivity index (χ1v) is 25.3. The van der Waals surface area contributed by atoms with E-state index < -0.39 is 5.41 Å². The number of fused-ring (bicyclic) bond motifs is 12. The summed E-state index contributed by atoms with van der Waals surface area (Å²) in [4.78, 5) is 2.33. The molecule has 2 atom stereocenters. The van der Waals surface area contributed by atoms with E-state index in [1.54, 1.807) is 0 Å². The normalized spacial score (nSPS) is 14.5. The van der Waals surface area contributed by atoms with Crippen LogP contribution >= 0.6 is 0 Å². The summed E-state index contributed by atoms with van der Waals surface area (Å²) in [6.07, 6.45) is 1.97. The summed E-state index contributed by atoms with van der Waals surface area (Å²) in [7, 11) is 0. The van der Waals surface area contributed by atoms with Gasteiger partial charge in [0, 0.05) is 27.8 Å². The first-order valence-electron chi connectivity index (χ1n) is 25.3. The zero-order valence-corrected chi connectivity index (χ0v) is 39.9. The van der Waals surface area contributed by atoms with Crippen LogP contribution in [0.3, 0.4) is 0 Å². The van der Waals surface area contributed by atoms with Crippen molar-refractivity contribution in [2.75, 3.05) is 4.90 Å². The van der Waals surface area contributed by atoms with E-state index in [2.05, 4.69) is 282 Å². The van der Waals surface area contributed by atoms with E-state index in [4.69, 9.17) is 0 Å². The van der Waals surface area contributed by atoms with Gasteiger partial charge < -0.3 is 9.47 Å². The number of para-hydroxylation sites is 5. The second-order valence-electron chi connectivity index (χ2n) is 19.6. The number of hydrogen-bond donors (Lipinski definition) is 0. The van der Waals surface area contributed by atoms with Crippen LogP contribution in [-0.4, -0.2) is 4.57 Å². The van der Waals surface area contributed by atoms with Gasteiger partial charge in [0.2, 0.25) is 0 Å². The molecule has 14 rings (SSSR count). The van der Waals surface area contributed by atoms with Crippen LogP contribution in [0, 0.1) is 0 Å². The Bertz CT molecular complexity index is 3910. The summed E-state index contributed by atoms with van der Waals surface area (Å²) in [5.74, 6) is 0.378. The van der Waals surface area contributed by atoms with Gasteiger partial charge in [-0.25, -0.2) is 0 Å². The fraction of sp³-hybridized carbons (Fsp3) is 0.0571. The highest BCUT2D eigenvalue weighted by Crippen LogP contribution is 2.62. The Morgan fingerprint density at radius 1 is 0.347 bits per heavy atom. The van der Waals surface area contributed by atoms with E-state index in [-0.39, 0.29) is 0 Å². The van der Waals surface area contributed by atoms with E-state index in [1.807, 2.05) is 0 Å². The zero-order chi connectivity index (χ0) is 47.6. The molecular weight excluding hydrogens is 869 g/mol. The van der Waals surface area contributed by atoms with E-state index in [1.165, 1.54) is 99.8 Å². The first kappa shape index (κ1) is 41.9. The smallest absolute Gasteiger partial charge is 0.0754 e. The lowest BCUT2D eigenvalue weighted by atomic mass is 9.65. The molecule has 340 valence electrons. The molecule has 0 N–H and O–H groups in total. The standard InChI is InChI=1S/C70H50N2/c1-5-18-48(19-6-1)44-55(50-20-7-2-8-21-50)45-49-32-34-51(35-33-49)53-38-42-59-60-43-39-54(52-36-40-58(41-37-52)71(56-22-9-3-10-23-56)57-24-11-4-12-25-57)47-66(60)70(65(59)46-53)63-28-14-16-31-68(63)72-67-30-15-13-26-61(67)62-27-17-29-64(70)69(62)72/h1-43,46-47,55H,44-45H2. The van der Waals surface area contributed by atoms with E-state index in [9.17, 15) is 0 Å². The number of benzene rings is 11. The van der Waals surface area contributed by atoms with Crippen molar-refractivity contribution in [1.82, 2.24) is 4.57 Å². The molecule has 2 aliphatic rings. The van der Waals surface area contributed by atoms with Gasteiger partial charge in [0.1, 0.15) is 0 Å². The summed E-state index contributed by atoms with van der Waals surface area (Å²) in [6.45, 7) is 0. The Balaban J connectivity index is 0.914.